The van der Waals surface area contributed by atoms with Crippen LogP contribution in [0, 0.1) is 5.92 Å². The molecule has 0 radical (unpaired) electrons. The Balaban J connectivity index is 1.60. The van der Waals surface area contributed by atoms with E-state index in [2.05, 4.69) is 0 Å². The second kappa shape index (κ2) is 6.79. The molecule has 1 aromatic carbocycles. The van der Waals surface area contributed by atoms with E-state index in [1.165, 1.54) is 6.42 Å². The van der Waals surface area contributed by atoms with E-state index < -0.39 is 0 Å². The zero-order valence-electron chi connectivity index (χ0n) is 14.8. The van der Waals surface area contributed by atoms with Crippen molar-refractivity contribution in [1.82, 2.24) is 4.90 Å². The maximum atomic E-state index is 13.3. The maximum absolute atomic E-state index is 13.3. The number of carbonyl (C=O) groups is 2. The lowest BCUT2D eigenvalue weighted by molar-refractivity contribution is -0.119. The highest BCUT2D eigenvalue weighted by Gasteiger charge is 2.38. The first-order chi connectivity index (χ1) is 12.2. The number of para-hydroxylation sites is 1. The third-order valence-electron chi connectivity index (χ3n) is 5.75. The number of morpholine rings is 1. The molecule has 2 saturated carbocycles. The van der Waals surface area contributed by atoms with Crippen molar-refractivity contribution in [3.63, 3.8) is 0 Å². The van der Waals surface area contributed by atoms with Crippen molar-refractivity contribution in [3.8, 4) is 0 Å². The number of rotatable bonds is 3. The maximum Gasteiger partial charge on any atom is 0.256 e. The van der Waals surface area contributed by atoms with Crippen LogP contribution in [0.1, 0.15) is 48.9 Å². The van der Waals surface area contributed by atoms with Crippen LogP contribution >= 0.6 is 0 Å². The van der Waals surface area contributed by atoms with Gasteiger partial charge in [0.2, 0.25) is 5.91 Å². The van der Waals surface area contributed by atoms with E-state index in [0.29, 0.717) is 18.7 Å². The van der Waals surface area contributed by atoms with Gasteiger partial charge in [-0.3, -0.25) is 9.59 Å². The van der Waals surface area contributed by atoms with Crippen LogP contribution in [0.5, 0.6) is 0 Å². The number of nitrogens with zero attached hydrogens (tertiary/aromatic N) is 2. The minimum Gasteiger partial charge on any atom is -0.374 e. The van der Waals surface area contributed by atoms with E-state index in [-0.39, 0.29) is 29.9 Å². The topological polar surface area (TPSA) is 49.9 Å². The molecule has 25 heavy (non-hydrogen) atoms. The van der Waals surface area contributed by atoms with Gasteiger partial charge in [0.1, 0.15) is 0 Å². The first-order valence-corrected chi connectivity index (χ1v) is 9.46. The largest absolute Gasteiger partial charge is 0.374 e. The normalized spacial score (nSPS) is 26.0. The number of carbonyl (C=O) groups excluding carboxylic acids is 2. The van der Waals surface area contributed by atoms with Gasteiger partial charge in [-0.25, -0.2) is 0 Å². The highest BCUT2D eigenvalue weighted by molar-refractivity contribution is 6.05. The van der Waals surface area contributed by atoms with Crippen LogP contribution in [0.25, 0.3) is 0 Å². The summed E-state index contributed by atoms with van der Waals surface area (Å²) >= 11 is 0. The highest BCUT2D eigenvalue weighted by Crippen LogP contribution is 2.34. The quantitative estimate of drug-likeness (QED) is 0.849. The summed E-state index contributed by atoms with van der Waals surface area (Å²) in [6.07, 6.45) is 6.48. The highest BCUT2D eigenvalue weighted by atomic mass is 16.5. The standard InChI is InChI=1S/C20H26N2O3/c1-21(19(23)14-10-11-14)16-7-3-2-6-15(16)20(24)22-12-13-25-18-9-5-4-8-17(18)22/h2-3,6-7,14,17-18H,4-5,8-13H2,1H3/t17-,18+/m1/s1. The lowest BCUT2D eigenvalue weighted by Gasteiger charge is -2.44. The fourth-order valence-corrected chi connectivity index (χ4v) is 4.17. The van der Waals surface area contributed by atoms with Crippen LogP contribution in [0.15, 0.2) is 24.3 Å². The number of benzene rings is 1. The van der Waals surface area contributed by atoms with Gasteiger partial charge in [0.15, 0.2) is 0 Å². The van der Waals surface area contributed by atoms with Crippen molar-refractivity contribution < 1.29 is 14.3 Å². The molecule has 1 heterocycles. The summed E-state index contributed by atoms with van der Waals surface area (Å²) < 4.78 is 5.90. The van der Waals surface area contributed by atoms with E-state index in [4.69, 9.17) is 4.74 Å². The molecule has 134 valence electrons. The Kier molecular flexibility index (Phi) is 4.50. The molecular weight excluding hydrogens is 316 g/mol. The average Bonchev–Trinajstić information content (AvgIpc) is 3.51. The predicted molar refractivity (Wildman–Crippen MR) is 95.6 cm³/mol. The Morgan fingerprint density at radius 1 is 1.12 bits per heavy atom. The number of anilines is 1. The molecule has 0 bridgehead atoms. The zero-order valence-corrected chi connectivity index (χ0v) is 14.8. The molecule has 4 rings (SSSR count). The SMILES string of the molecule is CN(C(=O)C1CC1)c1ccccc1C(=O)N1CCO[C@H]2CCCC[C@H]21. The summed E-state index contributed by atoms with van der Waals surface area (Å²) in [7, 11) is 1.79. The summed E-state index contributed by atoms with van der Waals surface area (Å²) in [5.41, 5.74) is 1.36. The number of hydrogen-bond acceptors (Lipinski definition) is 3. The summed E-state index contributed by atoms with van der Waals surface area (Å²) in [6.45, 7) is 1.24. The first kappa shape index (κ1) is 16.6. The molecule has 2 aliphatic carbocycles. The molecule has 0 aromatic heterocycles. The van der Waals surface area contributed by atoms with Gasteiger partial charge in [0.05, 0.1) is 30.0 Å². The van der Waals surface area contributed by atoms with Crippen molar-refractivity contribution in [2.75, 3.05) is 25.1 Å². The van der Waals surface area contributed by atoms with Crippen LogP contribution in [-0.4, -0.2) is 49.1 Å². The Labute approximate surface area is 148 Å². The Bertz CT molecular complexity index is 669. The number of hydrogen-bond donors (Lipinski definition) is 0. The van der Waals surface area contributed by atoms with E-state index in [0.717, 1.165) is 37.8 Å². The van der Waals surface area contributed by atoms with Gasteiger partial charge in [-0.1, -0.05) is 25.0 Å². The molecule has 1 aliphatic heterocycles. The second-order valence-electron chi connectivity index (χ2n) is 7.45. The van der Waals surface area contributed by atoms with Gasteiger partial charge in [-0.05, 0) is 37.8 Å². The van der Waals surface area contributed by atoms with Gasteiger partial charge < -0.3 is 14.5 Å². The zero-order chi connectivity index (χ0) is 17.4. The number of amides is 2. The minimum atomic E-state index is 0.0336. The summed E-state index contributed by atoms with van der Waals surface area (Å²) in [5, 5.41) is 0. The molecule has 0 spiro atoms. The van der Waals surface area contributed by atoms with Crippen molar-refractivity contribution in [1.29, 1.82) is 0 Å². The molecule has 5 heteroatoms. The molecule has 1 aromatic rings. The third-order valence-corrected chi connectivity index (χ3v) is 5.75. The fraction of sp³-hybridized carbons (Fsp3) is 0.600. The molecule has 2 atom stereocenters. The molecule has 2 amide bonds. The van der Waals surface area contributed by atoms with Gasteiger partial charge in [-0.15, -0.1) is 0 Å². The van der Waals surface area contributed by atoms with Crippen LogP contribution in [0.2, 0.25) is 0 Å². The predicted octanol–water partition coefficient (Wildman–Crippen LogP) is 2.84. The Morgan fingerprint density at radius 2 is 1.88 bits per heavy atom. The van der Waals surface area contributed by atoms with Crippen molar-refractivity contribution >= 4 is 17.5 Å². The first-order valence-electron chi connectivity index (χ1n) is 9.46. The third kappa shape index (κ3) is 3.17. The van der Waals surface area contributed by atoms with Crippen LogP contribution < -0.4 is 4.90 Å². The summed E-state index contributed by atoms with van der Waals surface area (Å²) in [6, 6.07) is 7.68. The molecule has 5 nitrogen and oxygen atoms in total. The molecule has 0 unspecified atom stereocenters. The number of fused-ring (bicyclic) bond motifs is 1. The van der Waals surface area contributed by atoms with E-state index in [1.807, 2.05) is 29.2 Å². The van der Waals surface area contributed by atoms with Crippen molar-refractivity contribution in [3.05, 3.63) is 29.8 Å². The molecular formula is C20H26N2O3. The Morgan fingerprint density at radius 3 is 2.68 bits per heavy atom. The van der Waals surface area contributed by atoms with Gasteiger partial charge in [-0.2, -0.15) is 0 Å². The average molecular weight is 342 g/mol. The van der Waals surface area contributed by atoms with Gasteiger partial charge in [0.25, 0.3) is 5.91 Å². The minimum absolute atomic E-state index is 0.0336. The van der Waals surface area contributed by atoms with Crippen molar-refractivity contribution in [2.24, 2.45) is 5.92 Å². The summed E-state index contributed by atoms with van der Waals surface area (Å²) in [5.74, 6) is 0.295. The monoisotopic (exact) mass is 342 g/mol. The van der Waals surface area contributed by atoms with Gasteiger partial charge in [0, 0.05) is 19.5 Å². The molecule has 3 fully saturated rings. The van der Waals surface area contributed by atoms with Crippen LogP contribution in [0.4, 0.5) is 5.69 Å². The molecule has 0 N–H and O–H groups in total. The second-order valence-corrected chi connectivity index (χ2v) is 7.45. The lowest BCUT2D eigenvalue weighted by atomic mass is 9.89. The van der Waals surface area contributed by atoms with E-state index in [9.17, 15) is 9.59 Å². The van der Waals surface area contributed by atoms with Crippen LogP contribution in [-0.2, 0) is 9.53 Å². The fourth-order valence-electron chi connectivity index (χ4n) is 4.17. The van der Waals surface area contributed by atoms with Crippen LogP contribution in [0.3, 0.4) is 0 Å². The van der Waals surface area contributed by atoms with E-state index in [1.54, 1.807) is 11.9 Å². The van der Waals surface area contributed by atoms with Crippen molar-refractivity contribution in [2.45, 2.75) is 50.7 Å². The summed E-state index contributed by atoms with van der Waals surface area (Å²) in [4.78, 5) is 29.4. The molecule has 1 saturated heterocycles. The molecule has 3 aliphatic rings. The smallest absolute Gasteiger partial charge is 0.256 e. The number of ether oxygens (including phenoxy) is 1. The van der Waals surface area contributed by atoms with Gasteiger partial charge >= 0.3 is 0 Å². The lowest BCUT2D eigenvalue weighted by Crippen LogP contribution is -2.55. The Hall–Kier alpha value is -1.88. The van der Waals surface area contributed by atoms with E-state index >= 15 is 0 Å².